The lowest BCUT2D eigenvalue weighted by Gasteiger charge is -1.85. The summed E-state index contributed by atoms with van der Waals surface area (Å²) >= 11 is 2.86. The number of nitrogen functional groups attached to an aromatic ring is 1. The number of aromatic nitrogens is 5. The Hall–Kier alpha value is -1.54. The fraction of sp³-hybridized carbons (Fsp3) is 0.143. The predicted octanol–water partition coefficient (Wildman–Crippen LogP) is 1.20. The lowest BCUT2D eigenvalue weighted by atomic mass is 10.5. The van der Waals surface area contributed by atoms with Crippen molar-refractivity contribution < 1.29 is 0 Å². The van der Waals surface area contributed by atoms with E-state index in [0.717, 1.165) is 21.5 Å². The largest absolute Gasteiger partial charge is 0.375 e. The number of thiazole rings is 1. The first-order valence-corrected chi connectivity index (χ1v) is 5.84. The van der Waals surface area contributed by atoms with Gasteiger partial charge in [-0.2, -0.15) is 9.61 Å². The molecule has 0 saturated carbocycles. The summed E-state index contributed by atoms with van der Waals surface area (Å²) < 4.78 is 1.70. The Morgan fingerprint density at radius 3 is 2.93 bits per heavy atom. The van der Waals surface area contributed by atoms with Crippen molar-refractivity contribution in [2.24, 2.45) is 0 Å². The molecule has 0 saturated heterocycles. The van der Waals surface area contributed by atoms with E-state index in [1.807, 2.05) is 12.3 Å². The molecule has 3 aromatic rings. The summed E-state index contributed by atoms with van der Waals surface area (Å²) in [5.74, 6) is 0.774. The van der Waals surface area contributed by atoms with Crippen LogP contribution in [0.3, 0.4) is 0 Å². The van der Waals surface area contributed by atoms with Crippen LogP contribution in [0, 0.1) is 6.92 Å². The van der Waals surface area contributed by atoms with E-state index in [1.165, 1.54) is 22.7 Å². The van der Waals surface area contributed by atoms with E-state index < -0.39 is 0 Å². The Morgan fingerprint density at radius 1 is 1.40 bits per heavy atom. The zero-order chi connectivity index (χ0) is 10.4. The molecule has 0 aliphatic heterocycles. The van der Waals surface area contributed by atoms with E-state index in [-0.39, 0.29) is 0 Å². The van der Waals surface area contributed by atoms with Crippen molar-refractivity contribution in [2.75, 3.05) is 5.73 Å². The van der Waals surface area contributed by atoms with Gasteiger partial charge in [-0.1, -0.05) is 11.3 Å². The number of nitrogens with two attached hydrogens (primary N) is 1. The van der Waals surface area contributed by atoms with Gasteiger partial charge < -0.3 is 5.73 Å². The van der Waals surface area contributed by atoms with E-state index in [9.17, 15) is 0 Å². The van der Waals surface area contributed by atoms with Crippen molar-refractivity contribution in [3.63, 3.8) is 0 Å². The van der Waals surface area contributed by atoms with Crippen LogP contribution in [0.4, 0.5) is 5.13 Å². The van der Waals surface area contributed by atoms with Crippen molar-refractivity contribution >= 4 is 32.8 Å². The number of nitrogens with zero attached hydrogens (tertiary/aromatic N) is 5. The third-order valence-corrected chi connectivity index (χ3v) is 3.48. The third kappa shape index (κ3) is 1.29. The van der Waals surface area contributed by atoms with Gasteiger partial charge in [-0.25, -0.2) is 4.98 Å². The second kappa shape index (κ2) is 2.97. The summed E-state index contributed by atoms with van der Waals surface area (Å²) in [6.07, 6.45) is 0. The van der Waals surface area contributed by atoms with Crippen LogP contribution in [0.15, 0.2) is 5.38 Å². The smallest absolute Gasteiger partial charge is 0.235 e. The first kappa shape index (κ1) is 8.74. The highest BCUT2D eigenvalue weighted by Crippen LogP contribution is 2.27. The fourth-order valence-electron chi connectivity index (χ4n) is 1.20. The molecule has 0 aliphatic carbocycles. The molecule has 0 atom stereocenters. The van der Waals surface area contributed by atoms with Crippen molar-refractivity contribution in [1.29, 1.82) is 0 Å². The molecule has 8 heteroatoms. The number of fused-ring (bicyclic) bond motifs is 1. The Morgan fingerprint density at radius 2 is 2.27 bits per heavy atom. The topological polar surface area (TPSA) is 82.0 Å². The van der Waals surface area contributed by atoms with Gasteiger partial charge in [-0.3, -0.25) is 0 Å². The second-order valence-corrected chi connectivity index (χ2v) is 4.77. The van der Waals surface area contributed by atoms with E-state index in [0.29, 0.717) is 5.13 Å². The lowest BCUT2D eigenvalue weighted by Crippen LogP contribution is -1.89. The first-order chi connectivity index (χ1) is 7.24. The molecule has 0 fully saturated rings. The highest BCUT2D eigenvalue weighted by Gasteiger charge is 2.12. The zero-order valence-electron chi connectivity index (χ0n) is 7.71. The Labute approximate surface area is 92.4 Å². The third-order valence-electron chi connectivity index (χ3n) is 1.89. The van der Waals surface area contributed by atoms with Crippen LogP contribution in [0.25, 0.3) is 15.7 Å². The van der Waals surface area contributed by atoms with E-state index in [4.69, 9.17) is 5.73 Å². The molecule has 3 heterocycles. The standard InChI is InChI=1S/C7H6N6S2/c1-3-10-11-7-13(3)12-5(15-7)4-2-14-6(8)9-4/h2H,1H3,(H2,8,9). The maximum atomic E-state index is 5.56. The number of anilines is 1. The maximum absolute atomic E-state index is 5.56. The van der Waals surface area contributed by atoms with Crippen LogP contribution in [-0.4, -0.2) is 24.8 Å². The molecular formula is C7H6N6S2. The van der Waals surface area contributed by atoms with Crippen molar-refractivity contribution in [3.8, 4) is 10.7 Å². The van der Waals surface area contributed by atoms with Gasteiger partial charge in [0.2, 0.25) is 4.96 Å². The maximum Gasteiger partial charge on any atom is 0.235 e. The molecule has 0 aliphatic rings. The van der Waals surface area contributed by atoms with Gasteiger partial charge in [-0.15, -0.1) is 21.5 Å². The second-order valence-electron chi connectivity index (χ2n) is 2.92. The number of hydrogen-bond donors (Lipinski definition) is 1. The molecule has 2 N–H and O–H groups in total. The summed E-state index contributed by atoms with van der Waals surface area (Å²) in [5, 5.41) is 15.5. The van der Waals surface area contributed by atoms with E-state index in [1.54, 1.807) is 4.52 Å². The number of hydrogen-bond acceptors (Lipinski definition) is 7. The molecule has 0 radical (unpaired) electrons. The summed E-state index contributed by atoms with van der Waals surface area (Å²) in [7, 11) is 0. The van der Waals surface area contributed by atoms with Gasteiger partial charge in [0.25, 0.3) is 0 Å². The summed E-state index contributed by atoms with van der Waals surface area (Å²) in [4.78, 5) is 4.94. The van der Waals surface area contributed by atoms with E-state index >= 15 is 0 Å². The number of rotatable bonds is 1. The predicted molar refractivity (Wildman–Crippen MR) is 58.9 cm³/mol. The summed E-state index contributed by atoms with van der Waals surface area (Å²) in [5.41, 5.74) is 6.36. The van der Waals surface area contributed by atoms with Gasteiger partial charge in [0.05, 0.1) is 0 Å². The molecule has 0 bridgehead atoms. The molecular weight excluding hydrogens is 232 g/mol. The van der Waals surface area contributed by atoms with Crippen LogP contribution in [-0.2, 0) is 0 Å². The van der Waals surface area contributed by atoms with Crippen LogP contribution < -0.4 is 5.73 Å². The first-order valence-electron chi connectivity index (χ1n) is 4.14. The van der Waals surface area contributed by atoms with Gasteiger partial charge >= 0.3 is 0 Å². The normalized spacial score (nSPS) is 11.3. The molecule has 76 valence electrons. The molecule has 0 unspecified atom stereocenters. The highest BCUT2D eigenvalue weighted by molar-refractivity contribution is 7.20. The van der Waals surface area contributed by atoms with Crippen LogP contribution >= 0.6 is 22.7 Å². The molecule has 0 spiro atoms. The van der Waals surface area contributed by atoms with E-state index in [2.05, 4.69) is 20.3 Å². The molecule has 0 amide bonds. The average Bonchev–Trinajstić information content (AvgIpc) is 2.84. The Balaban J connectivity index is 2.19. The molecule has 3 rings (SSSR count). The minimum absolute atomic E-state index is 0.549. The molecule has 15 heavy (non-hydrogen) atoms. The molecule has 6 nitrogen and oxygen atoms in total. The minimum Gasteiger partial charge on any atom is -0.375 e. The van der Waals surface area contributed by atoms with Crippen LogP contribution in [0.5, 0.6) is 0 Å². The van der Waals surface area contributed by atoms with Gasteiger partial charge in [0.1, 0.15) is 5.69 Å². The fourth-order valence-corrected chi connectivity index (χ4v) is 2.67. The molecule has 0 aromatic carbocycles. The zero-order valence-corrected chi connectivity index (χ0v) is 9.34. The lowest BCUT2D eigenvalue weighted by molar-refractivity contribution is 0.896. The van der Waals surface area contributed by atoms with Gasteiger partial charge in [0, 0.05) is 5.38 Å². The van der Waals surface area contributed by atoms with Crippen molar-refractivity contribution in [2.45, 2.75) is 6.92 Å². The SMILES string of the molecule is Cc1nnc2sc(-c3csc(N)n3)nn12. The average molecular weight is 238 g/mol. The highest BCUT2D eigenvalue weighted by atomic mass is 32.1. The number of aryl methyl sites for hydroxylation is 1. The summed E-state index contributed by atoms with van der Waals surface area (Å²) in [6.45, 7) is 1.86. The van der Waals surface area contributed by atoms with Crippen LogP contribution in [0.2, 0.25) is 0 Å². The molecule has 3 aromatic heterocycles. The van der Waals surface area contributed by atoms with Gasteiger partial charge in [0.15, 0.2) is 16.0 Å². The monoisotopic (exact) mass is 238 g/mol. The Bertz CT molecular complexity index is 620. The summed E-state index contributed by atoms with van der Waals surface area (Å²) in [6, 6.07) is 0. The van der Waals surface area contributed by atoms with Crippen LogP contribution in [0.1, 0.15) is 5.82 Å². The van der Waals surface area contributed by atoms with Crippen molar-refractivity contribution in [1.82, 2.24) is 24.8 Å². The van der Waals surface area contributed by atoms with Crippen molar-refractivity contribution in [3.05, 3.63) is 11.2 Å². The minimum atomic E-state index is 0.549. The quantitative estimate of drug-likeness (QED) is 0.688. The Kier molecular flexibility index (Phi) is 1.73. The van der Waals surface area contributed by atoms with Gasteiger partial charge in [-0.05, 0) is 6.92 Å².